The Bertz CT molecular complexity index is 751. The van der Waals surface area contributed by atoms with Crippen molar-refractivity contribution < 1.29 is 35.6 Å². The first-order valence-electron chi connectivity index (χ1n) is 8.40. The molecule has 0 saturated heterocycles. The van der Waals surface area contributed by atoms with Crippen LogP contribution in [0.5, 0.6) is 0 Å². The van der Waals surface area contributed by atoms with E-state index in [9.17, 15) is 26.4 Å². The Morgan fingerprint density at radius 2 is 1.81 bits per heavy atom. The molecule has 10 heteroatoms. The summed E-state index contributed by atoms with van der Waals surface area (Å²) in [7, 11) is -2.52. The minimum atomic E-state index is -4.43. The second-order valence-corrected chi connectivity index (χ2v) is 10.3. The van der Waals surface area contributed by atoms with Gasteiger partial charge < -0.3 is 9.26 Å². The Hall–Kier alpha value is -1.42. The Morgan fingerprint density at radius 1 is 1.22 bits per heavy atom. The van der Waals surface area contributed by atoms with Gasteiger partial charge in [-0.2, -0.15) is 13.2 Å². The van der Waals surface area contributed by atoms with E-state index >= 15 is 0 Å². The van der Waals surface area contributed by atoms with Crippen molar-refractivity contribution in [3.8, 4) is 0 Å². The number of sulfone groups is 1. The molecule has 1 aromatic rings. The molecule has 0 N–H and O–H groups in total. The number of ether oxygens (including phenoxy) is 1. The maximum atomic E-state index is 12.5. The third-order valence-electron chi connectivity index (χ3n) is 4.40. The van der Waals surface area contributed by atoms with Crippen LogP contribution in [0.1, 0.15) is 52.0 Å². The van der Waals surface area contributed by atoms with Crippen LogP contribution in [0.3, 0.4) is 0 Å². The number of hydrogen-bond acceptors (Lipinski definition) is 6. The first kappa shape index (κ1) is 23.6. The van der Waals surface area contributed by atoms with Gasteiger partial charge in [0.25, 0.3) is 0 Å². The van der Waals surface area contributed by atoms with Crippen LogP contribution in [0, 0.1) is 0 Å². The number of carbonyl (C=O) groups is 1. The number of Topliss-reactive ketones (excluding diaryl/α,β-unsaturated/α-hetero) is 1. The van der Waals surface area contributed by atoms with Gasteiger partial charge >= 0.3 is 6.18 Å². The minimum absolute atomic E-state index is 0.262. The standard InChI is InChI=1S/C17H26F3NO5S/c1-15(2,11-25-5)14-10-12(21-26-14)9-13(22)16(3,4)27(23,24)8-6-7-17(18,19)20/h10H,6-9,11H2,1-5H3. The first-order valence-corrected chi connectivity index (χ1v) is 10.0. The quantitative estimate of drug-likeness (QED) is 0.585. The van der Waals surface area contributed by atoms with Crippen molar-refractivity contribution in [2.24, 2.45) is 0 Å². The molecule has 1 aromatic heterocycles. The number of rotatable bonds is 10. The molecule has 27 heavy (non-hydrogen) atoms. The van der Waals surface area contributed by atoms with Gasteiger partial charge in [0.15, 0.2) is 15.6 Å². The fourth-order valence-corrected chi connectivity index (χ4v) is 3.87. The summed E-state index contributed by atoms with van der Waals surface area (Å²) in [5.74, 6) is -0.882. The molecule has 0 fully saturated rings. The highest BCUT2D eigenvalue weighted by molar-refractivity contribution is 7.93. The summed E-state index contributed by atoms with van der Waals surface area (Å²) in [5.41, 5.74) is -0.222. The topological polar surface area (TPSA) is 86.5 Å². The molecule has 1 rings (SSSR count). The summed E-state index contributed by atoms with van der Waals surface area (Å²) in [6, 6.07) is 1.56. The van der Waals surface area contributed by atoms with Gasteiger partial charge in [0.1, 0.15) is 10.5 Å². The highest BCUT2D eigenvalue weighted by atomic mass is 32.2. The second-order valence-electron chi connectivity index (χ2n) is 7.65. The summed E-state index contributed by atoms with van der Waals surface area (Å²) in [6.45, 7) is 6.48. The van der Waals surface area contributed by atoms with Crippen molar-refractivity contribution in [1.82, 2.24) is 5.16 Å². The number of carbonyl (C=O) groups excluding carboxylic acids is 1. The Kier molecular flexibility index (Phi) is 7.26. The van der Waals surface area contributed by atoms with Crippen molar-refractivity contribution in [3.05, 3.63) is 17.5 Å². The molecule has 0 amide bonds. The summed E-state index contributed by atoms with van der Waals surface area (Å²) in [6.07, 6.45) is -6.52. The van der Waals surface area contributed by atoms with E-state index < -0.39 is 50.6 Å². The molecule has 0 spiro atoms. The maximum absolute atomic E-state index is 12.5. The zero-order valence-corrected chi connectivity index (χ0v) is 17.0. The van der Waals surface area contributed by atoms with E-state index in [1.54, 1.807) is 6.07 Å². The van der Waals surface area contributed by atoms with Crippen LogP contribution in [0.25, 0.3) is 0 Å². The zero-order chi connectivity index (χ0) is 21.1. The predicted molar refractivity (Wildman–Crippen MR) is 93.3 cm³/mol. The predicted octanol–water partition coefficient (Wildman–Crippen LogP) is 3.25. The lowest BCUT2D eigenvalue weighted by Crippen LogP contribution is -2.43. The number of halogens is 3. The highest BCUT2D eigenvalue weighted by Crippen LogP contribution is 2.27. The molecule has 0 bridgehead atoms. The van der Waals surface area contributed by atoms with Crippen LogP contribution >= 0.6 is 0 Å². The van der Waals surface area contributed by atoms with Crippen LogP contribution in [0.4, 0.5) is 13.2 Å². The lowest BCUT2D eigenvalue weighted by atomic mass is 9.91. The van der Waals surface area contributed by atoms with Gasteiger partial charge in [0.05, 0.1) is 24.5 Å². The van der Waals surface area contributed by atoms with Gasteiger partial charge in [-0.05, 0) is 20.3 Å². The van der Waals surface area contributed by atoms with Crippen LogP contribution in [0.2, 0.25) is 0 Å². The molecule has 0 radical (unpaired) electrons. The van der Waals surface area contributed by atoms with E-state index in [-0.39, 0.29) is 12.1 Å². The van der Waals surface area contributed by atoms with Gasteiger partial charge in [-0.1, -0.05) is 19.0 Å². The van der Waals surface area contributed by atoms with Crippen molar-refractivity contribution >= 4 is 15.6 Å². The molecule has 0 aliphatic heterocycles. The number of ketones is 1. The Labute approximate surface area is 157 Å². The van der Waals surface area contributed by atoms with Crippen molar-refractivity contribution in [3.63, 3.8) is 0 Å². The number of hydrogen-bond donors (Lipinski definition) is 0. The van der Waals surface area contributed by atoms with Gasteiger partial charge in [-0.3, -0.25) is 4.79 Å². The normalized spacial score (nSPS) is 13.8. The molecule has 0 aliphatic carbocycles. The van der Waals surface area contributed by atoms with Crippen LogP contribution < -0.4 is 0 Å². The molecule has 0 aromatic carbocycles. The third kappa shape index (κ3) is 6.31. The van der Waals surface area contributed by atoms with Crippen LogP contribution in [0.15, 0.2) is 10.6 Å². The fourth-order valence-electron chi connectivity index (χ4n) is 2.41. The van der Waals surface area contributed by atoms with E-state index in [0.29, 0.717) is 12.4 Å². The number of aromatic nitrogens is 1. The minimum Gasteiger partial charge on any atom is -0.384 e. The maximum Gasteiger partial charge on any atom is 0.389 e. The second kappa shape index (κ2) is 8.30. The highest BCUT2D eigenvalue weighted by Gasteiger charge is 2.42. The molecule has 156 valence electrons. The molecular weight excluding hydrogens is 387 g/mol. The summed E-state index contributed by atoms with van der Waals surface area (Å²) < 4.78 is 70.0. The monoisotopic (exact) mass is 413 g/mol. The van der Waals surface area contributed by atoms with Crippen LogP contribution in [-0.4, -0.2) is 49.8 Å². The van der Waals surface area contributed by atoms with E-state index in [0.717, 1.165) is 0 Å². The van der Waals surface area contributed by atoms with Crippen molar-refractivity contribution in [1.29, 1.82) is 0 Å². The summed E-state index contributed by atoms with van der Waals surface area (Å²) in [5, 5.41) is 3.80. The SMILES string of the molecule is COCC(C)(C)c1cc(CC(=O)C(C)(C)S(=O)(=O)CCCC(F)(F)F)no1. The summed E-state index contributed by atoms with van der Waals surface area (Å²) >= 11 is 0. The van der Waals surface area contributed by atoms with E-state index in [1.807, 2.05) is 13.8 Å². The summed E-state index contributed by atoms with van der Waals surface area (Å²) in [4.78, 5) is 12.5. The molecule has 0 aliphatic rings. The number of alkyl halides is 3. The lowest BCUT2D eigenvalue weighted by Gasteiger charge is -2.23. The largest absolute Gasteiger partial charge is 0.389 e. The van der Waals surface area contributed by atoms with Gasteiger partial charge in [0.2, 0.25) is 0 Å². The first-order chi connectivity index (χ1) is 12.1. The van der Waals surface area contributed by atoms with Gasteiger partial charge in [0, 0.05) is 25.0 Å². The molecule has 0 unspecified atom stereocenters. The fraction of sp³-hybridized carbons (Fsp3) is 0.765. The van der Waals surface area contributed by atoms with E-state index in [2.05, 4.69) is 5.16 Å². The van der Waals surface area contributed by atoms with Gasteiger partial charge in [-0.25, -0.2) is 8.42 Å². The third-order valence-corrected chi connectivity index (χ3v) is 7.00. The molecular formula is C17H26F3NO5S. The molecule has 0 atom stereocenters. The average Bonchev–Trinajstić information content (AvgIpc) is 2.94. The Morgan fingerprint density at radius 3 is 2.33 bits per heavy atom. The molecule has 6 nitrogen and oxygen atoms in total. The number of nitrogens with zero attached hydrogens (tertiary/aromatic N) is 1. The lowest BCUT2D eigenvalue weighted by molar-refractivity contribution is -0.134. The Balaban J connectivity index is 2.84. The van der Waals surface area contributed by atoms with Crippen molar-refractivity contribution in [2.45, 2.75) is 63.3 Å². The zero-order valence-electron chi connectivity index (χ0n) is 16.1. The van der Waals surface area contributed by atoms with E-state index in [4.69, 9.17) is 9.26 Å². The van der Waals surface area contributed by atoms with Gasteiger partial charge in [-0.15, -0.1) is 0 Å². The van der Waals surface area contributed by atoms with Crippen molar-refractivity contribution in [2.75, 3.05) is 19.5 Å². The average molecular weight is 413 g/mol. The van der Waals surface area contributed by atoms with Crippen LogP contribution in [-0.2, 0) is 31.2 Å². The smallest absolute Gasteiger partial charge is 0.384 e. The molecule has 0 saturated carbocycles. The molecule has 1 heterocycles. The number of methoxy groups -OCH3 is 1. The van der Waals surface area contributed by atoms with E-state index in [1.165, 1.54) is 21.0 Å².